The zero-order valence-corrected chi connectivity index (χ0v) is 8.74. The maximum absolute atomic E-state index is 10.6. The van der Waals surface area contributed by atoms with Gasteiger partial charge in [-0.15, -0.1) is 6.58 Å². The molecule has 2 bridgehead atoms. The second-order valence-corrected chi connectivity index (χ2v) is 4.67. The van der Waals surface area contributed by atoms with Crippen molar-refractivity contribution in [1.82, 2.24) is 4.90 Å². The molecule has 2 rings (SSSR count). The highest BCUT2D eigenvalue weighted by molar-refractivity contribution is 5.52. The highest BCUT2D eigenvalue weighted by Crippen LogP contribution is 2.42. The van der Waals surface area contributed by atoms with Crippen molar-refractivity contribution in [1.29, 1.82) is 0 Å². The summed E-state index contributed by atoms with van der Waals surface area (Å²) in [5, 5.41) is 0. The van der Waals surface area contributed by atoms with Crippen molar-refractivity contribution in [2.24, 2.45) is 5.92 Å². The summed E-state index contributed by atoms with van der Waals surface area (Å²) in [6.07, 6.45) is 9.48. The Bertz CT molecular complexity index is 238. The van der Waals surface area contributed by atoms with Crippen molar-refractivity contribution in [3.8, 4) is 0 Å². The van der Waals surface area contributed by atoms with Crippen molar-refractivity contribution in [2.45, 2.75) is 37.6 Å². The first-order valence-electron chi connectivity index (χ1n) is 5.63. The van der Waals surface area contributed by atoms with Crippen molar-refractivity contribution in [3.63, 3.8) is 0 Å². The topological polar surface area (TPSA) is 20.3 Å². The standard InChI is InChI=1S/C12H19NO/c1-2-12-6-3-4-11(10-12)5-7-13(12)8-9-14/h2,9,11H,1,3-8,10H2/t11-,12-/m1/s1. The molecule has 1 aliphatic carbocycles. The molecule has 1 heterocycles. The molecule has 2 nitrogen and oxygen atoms in total. The summed E-state index contributed by atoms with van der Waals surface area (Å²) in [6, 6.07) is 0. The third-order valence-corrected chi connectivity index (χ3v) is 3.98. The van der Waals surface area contributed by atoms with E-state index in [4.69, 9.17) is 0 Å². The molecular weight excluding hydrogens is 174 g/mol. The van der Waals surface area contributed by atoms with Gasteiger partial charge in [-0.05, 0) is 31.7 Å². The normalized spacial score (nSPS) is 37.9. The van der Waals surface area contributed by atoms with E-state index in [9.17, 15) is 4.79 Å². The first kappa shape index (κ1) is 9.91. The summed E-state index contributed by atoms with van der Waals surface area (Å²) in [4.78, 5) is 12.9. The number of aldehydes is 1. The second-order valence-electron chi connectivity index (χ2n) is 4.67. The highest BCUT2D eigenvalue weighted by Gasteiger charge is 2.41. The molecule has 2 fully saturated rings. The smallest absolute Gasteiger partial charge is 0.134 e. The Morgan fingerprint density at radius 3 is 3.07 bits per heavy atom. The molecular formula is C12H19NO. The van der Waals surface area contributed by atoms with E-state index in [0.29, 0.717) is 6.54 Å². The van der Waals surface area contributed by atoms with Crippen LogP contribution in [0.1, 0.15) is 32.1 Å². The predicted molar refractivity (Wildman–Crippen MR) is 57.1 cm³/mol. The van der Waals surface area contributed by atoms with Crippen LogP contribution in [0, 0.1) is 5.92 Å². The number of likely N-dealkylation sites (tertiary alicyclic amines) is 1. The van der Waals surface area contributed by atoms with Crippen LogP contribution in [0.2, 0.25) is 0 Å². The van der Waals surface area contributed by atoms with Gasteiger partial charge >= 0.3 is 0 Å². The number of hydrogen-bond donors (Lipinski definition) is 0. The summed E-state index contributed by atoms with van der Waals surface area (Å²) in [5.41, 5.74) is 0.155. The highest BCUT2D eigenvalue weighted by atomic mass is 16.1. The van der Waals surface area contributed by atoms with Crippen molar-refractivity contribution < 1.29 is 4.79 Å². The molecule has 1 saturated heterocycles. The molecule has 2 heteroatoms. The number of carbonyl (C=O) groups is 1. The molecule has 0 amide bonds. The summed E-state index contributed by atoms with van der Waals surface area (Å²) in [5.74, 6) is 0.879. The van der Waals surface area contributed by atoms with E-state index in [1.807, 2.05) is 0 Å². The van der Waals surface area contributed by atoms with Crippen LogP contribution >= 0.6 is 0 Å². The third-order valence-electron chi connectivity index (χ3n) is 3.98. The Hall–Kier alpha value is -0.630. The minimum absolute atomic E-state index is 0.155. The molecule has 0 spiro atoms. The maximum Gasteiger partial charge on any atom is 0.134 e. The number of hydrogen-bond acceptors (Lipinski definition) is 2. The summed E-state index contributed by atoms with van der Waals surface area (Å²) in [7, 11) is 0. The van der Waals surface area contributed by atoms with Crippen LogP contribution in [0.5, 0.6) is 0 Å². The zero-order chi connectivity index (χ0) is 10.0. The molecule has 78 valence electrons. The molecule has 14 heavy (non-hydrogen) atoms. The Kier molecular flexibility index (Phi) is 2.73. The lowest BCUT2D eigenvalue weighted by molar-refractivity contribution is -0.111. The summed E-state index contributed by atoms with van der Waals surface area (Å²) >= 11 is 0. The van der Waals surface area contributed by atoms with Gasteiger partial charge in [0, 0.05) is 5.54 Å². The number of carbonyl (C=O) groups excluding carboxylic acids is 1. The van der Waals surface area contributed by atoms with Gasteiger partial charge in [0.05, 0.1) is 6.54 Å². The van der Waals surface area contributed by atoms with Crippen molar-refractivity contribution in [2.75, 3.05) is 13.1 Å². The quantitative estimate of drug-likeness (QED) is 0.505. The van der Waals surface area contributed by atoms with Crippen LogP contribution in [0.4, 0.5) is 0 Å². The Balaban J connectivity index is 2.17. The molecule has 2 aliphatic rings. The molecule has 0 unspecified atom stereocenters. The van der Waals surface area contributed by atoms with Crippen LogP contribution in [0.15, 0.2) is 12.7 Å². The minimum Gasteiger partial charge on any atom is -0.302 e. The van der Waals surface area contributed by atoms with E-state index in [1.54, 1.807) is 0 Å². The fourth-order valence-corrected chi connectivity index (χ4v) is 3.17. The SMILES string of the molecule is C=C[C@]12CCC[C@H](CCN1CC=O)C2. The Morgan fingerprint density at radius 2 is 2.36 bits per heavy atom. The van der Waals surface area contributed by atoms with Crippen LogP contribution < -0.4 is 0 Å². The van der Waals surface area contributed by atoms with Gasteiger partial charge in [0.25, 0.3) is 0 Å². The predicted octanol–water partition coefficient (Wildman–Crippen LogP) is 2.01. The van der Waals surface area contributed by atoms with Crippen molar-refractivity contribution >= 4 is 6.29 Å². The first-order chi connectivity index (χ1) is 6.80. The van der Waals surface area contributed by atoms with Gasteiger partial charge in [0.15, 0.2) is 0 Å². The fraction of sp³-hybridized carbons (Fsp3) is 0.750. The van der Waals surface area contributed by atoms with E-state index in [-0.39, 0.29) is 5.54 Å². The first-order valence-corrected chi connectivity index (χ1v) is 5.63. The molecule has 0 aromatic heterocycles. The number of rotatable bonds is 3. The van der Waals surface area contributed by atoms with Gasteiger partial charge < -0.3 is 4.79 Å². The maximum atomic E-state index is 10.6. The van der Waals surface area contributed by atoms with Gasteiger partial charge in [-0.25, -0.2) is 0 Å². The Morgan fingerprint density at radius 1 is 1.50 bits per heavy atom. The van der Waals surface area contributed by atoms with Crippen LogP contribution in [-0.2, 0) is 4.79 Å². The average Bonchev–Trinajstić information content (AvgIpc) is 2.23. The number of nitrogens with zero attached hydrogens (tertiary/aromatic N) is 1. The van der Waals surface area contributed by atoms with Gasteiger partial charge in [0.2, 0.25) is 0 Å². The molecule has 1 aliphatic heterocycles. The lowest BCUT2D eigenvalue weighted by atomic mass is 9.70. The van der Waals surface area contributed by atoms with E-state index in [1.165, 1.54) is 32.1 Å². The monoisotopic (exact) mass is 193 g/mol. The zero-order valence-electron chi connectivity index (χ0n) is 8.74. The van der Waals surface area contributed by atoms with Crippen LogP contribution in [0.25, 0.3) is 0 Å². The van der Waals surface area contributed by atoms with Gasteiger partial charge in [-0.3, -0.25) is 4.90 Å². The number of fused-ring (bicyclic) bond motifs is 2. The van der Waals surface area contributed by atoms with Crippen LogP contribution in [-0.4, -0.2) is 29.8 Å². The fourth-order valence-electron chi connectivity index (χ4n) is 3.17. The third kappa shape index (κ3) is 1.52. The van der Waals surface area contributed by atoms with E-state index in [0.717, 1.165) is 18.7 Å². The second kappa shape index (κ2) is 3.85. The minimum atomic E-state index is 0.155. The number of piperidine rings is 1. The largest absolute Gasteiger partial charge is 0.302 e. The van der Waals surface area contributed by atoms with Gasteiger partial charge in [-0.2, -0.15) is 0 Å². The lowest BCUT2D eigenvalue weighted by Gasteiger charge is -2.51. The van der Waals surface area contributed by atoms with E-state index < -0.39 is 0 Å². The van der Waals surface area contributed by atoms with Crippen molar-refractivity contribution in [3.05, 3.63) is 12.7 Å². The average molecular weight is 193 g/mol. The van der Waals surface area contributed by atoms with E-state index in [2.05, 4.69) is 17.6 Å². The molecule has 1 saturated carbocycles. The lowest BCUT2D eigenvalue weighted by Crippen LogP contribution is -2.55. The van der Waals surface area contributed by atoms with Crippen LogP contribution in [0.3, 0.4) is 0 Å². The molecule has 0 aromatic rings. The molecule has 2 atom stereocenters. The molecule has 0 N–H and O–H groups in total. The summed E-state index contributed by atoms with van der Waals surface area (Å²) in [6.45, 7) is 5.63. The van der Waals surface area contributed by atoms with Gasteiger partial charge in [-0.1, -0.05) is 18.9 Å². The molecule has 0 radical (unpaired) electrons. The summed E-state index contributed by atoms with van der Waals surface area (Å²) < 4.78 is 0. The van der Waals surface area contributed by atoms with E-state index >= 15 is 0 Å². The Labute approximate surface area is 86.0 Å². The molecule has 0 aromatic carbocycles. The van der Waals surface area contributed by atoms with Gasteiger partial charge in [0.1, 0.15) is 6.29 Å².